The van der Waals surface area contributed by atoms with Crippen LogP contribution in [-0.2, 0) is 16.2 Å². The van der Waals surface area contributed by atoms with Crippen molar-refractivity contribution in [2.75, 3.05) is 32.7 Å². The van der Waals surface area contributed by atoms with Crippen molar-refractivity contribution in [3.63, 3.8) is 0 Å². The lowest BCUT2D eigenvalue weighted by molar-refractivity contribution is -0.137. The molecule has 24 heavy (non-hydrogen) atoms. The molecule has 0 N–H and O–H groups in total. The van der Waals surface area contributed by atoms with Crippen LogP contribution >= 0.6 is 0 Å². The SMILES string of the molecule is Cc1cc(C(F)(F)F)cc(S(=O)(=O)N2CCN(CCC#N)CC2)c1. The Balaban J connectivity index is 2.20. The first kappa shape index (κ1) is 18.7. The molecule has 0 spiro atoms. The highest BCUT2D eigenvalue weighted by atomic mass is 32.2. The van der Waals surface area contributed by atoms with Crippen LogP contribution in [0, 0.1) is 18.3 Å². The van der Waals surface area contributed by atoms with Crippen molar-refractivity contribution in [2.45, 2.75) is 24.4 Å². The van der Waals surface area contributed by atoms with Crippen LogP contribution in [0.15, 0.2) is 23.1 Å². The van der Waals surface area contributed by atoms with E-state index in [2.05, 4.69) is 0 Å². The zero-order chi connectivity index (χ0) is 18.0. The molecule has 1 saturated heterocycles. The van der Waals surface area contributed by atoms with Crippen LogP contribution in [0.1, 0.15) is 17.5 Å². The molecular formula is C15H18F3N3O2S. The molecular weight excluding hydrogens is 343 g/mol. The standard InChI is InChI=1S/C15H18F3N3O2S/c1-12-9-13(15(16,17)18)11-14(10-12)24(22,23)21-7-5-20(6-8-21)4-2-3-19/h9-11H,2,4-8H2,1H3. The van der Waals surface area contributed by atoms with Gasteiger partial charge in [-0.1, -0.05) is 0 Å². The zero-order valence-electron chi connectivity index (χ0n) is 13.2. The second-order valence-electron chi connectivity index (χ2n) is 5.69. The average Bonchev–Trinajstić information content (AvgIpc) is 2.52. The Morgan fingerprint density at radius 1 is 1.17 bits per heavy atom. The minimum absolute atomic E-state index is 0.197. The Morgan fingerprint density at radius 2 is 1.79 bits per heavy atom. The van der Waals surface area contributed by atoms with Gasteiger partial charge in [0.15, 0.2) is 0 Å². The first-order chi connectivity index (χ1) is 11.1. The number of halogens is 3. The summed E-state index contributed by atoms with van der Waals surface area (Å²) >= 11 is 0. The van der Waals surface area contributed by atoms with Gasteiger partial charge < -0.3 is 0 Å². The van der Waals surface area contributed by atoms with Crippen LogP contribution in [0.4, 0.5) is 13.2 Å². The van der Waals surface area contributed by atoms with Crippen LogP contribution < -0.4 is 0 Å². The monoisotopic (exact) mass is 361 g/mol. The van der Waals surface area contributed by atoms with Gasteiger partial charge in [0.2, 0.25) is 10.0 Å². The van der Waals surface area contributed by atoms with E-state index in [4.69, 9.17) is 5.26 Å². The number of rotatable bonds is 4. The topological polar surface area (TPSA) is 64.4 Å². The smallest absolute Gasteiger partial charge is 0.300 e. The molecule has 0 amide bonds. The van der Waals surface area contributed by atoms with Gasteiger partial charge in [0.05, 0.1) is 16.5 Å². The summed E-state index contributed by atoms with van der Waals surface area (Å²) < 4.78 is 65.2. The van der Waals surface area contributed by atoms with Gasteiger partial charge in [0.25, 0.3) is 0 Å². The zero-order valence-corrected chi connectivity index (χ0v) is 14.0. The van der Waals surface area contributed by atoms with Crippen LogP contribution in [0.2, 0.25) is 0 Å². The van der Waals surface area contributed by atoms with Gasteiger partial charge in [-0.2, -0.15) is 22.7 Å². The minimum Gasteiger partial charge on any atom is -0.300 e. The number of alkyl halides is 3. The van der Waals surface area contributed by atoms with E-state index in [1.54, 1.807) is 0 Å². The van der Waals surface area contributed by atoms with Crippen LogP contribution in [0.3, 0.4) is 0 Å². The summed E-state index contributed by atoms with van der Waals surface area (Å²) in [6.45, 7) is 3.31. The van der Waals surface area contributed by atoms with E-state index in [-0.39, 0.29) is 23.5 Å². The summed E-state index contributed by atoms with van der Waals surface area (Å²) in [5.74, 6) is 0. The summed E-state index contributed by atoms with van der Waals surface area (Å²) in [7, 11) is -3.97. The summed E-state index contributed by atoms with van der Waals surface area (Å²) in [4.78, 5) is 1.63. The molecule has 9 heteroatoms. The summed E-state index contributed by atoms with van der Waals surface area (Å²) in [6, 6.07) is 4.90. The van der Waals surface area contributed by atoms with Crippen LogP contribution in [-0.4, -0.2) is 50.3 Å². The van der Waals surface area contributed by atoms with Gasteiger partial charge in [-0.3, -0.25) is 4.90 Å². The minimum atomic E-state index is -4.59. The first-order valence-corrected chi connectivity index (χ1v) is 8.87. The highest BCUT2D eigenvalue weighted by molar-refractivity contribution is 7.89. The van der Waals surface area contributed by atoms with Gasteiger partial charge in [0.1, 0.15) is 0 Å². The molecule has 132 valence electrons. The number of aryl methyl sites for hydroxylation is 1. The van der Waals surface area contributed by atoms with Gasteiger partial charge in [-0.25, -0.2) is 8.42 Å². The molecule has 0 aromatic heterocycles. The van der Waals surface area contributed by atoms with Gasteiger partial charge in [-0.15, -0.1) is 0 Å². The molecule has 0 unspecified atom stereocenters. The fourth-order valence-electron chi connectivity index (χ4n) is 2.61. The van der Waals surface area contributed by atoms with Crippen molar-refractivity contribution in [3.8, 4) is 6.07 Å². The van der Waals surface area contributed by atoms with Crippen molar-refractivity contribution in [2.24, 2.45) is 0 Å². The fourth-order valence-corrected chi connectivity index (χ4v) is 4.16. The third-order valence-corrected chi connectivity index (χ3v) is 5.76. The van der Waals surface area contributed by atoms with E-state index in [0.717, 1.165) is 6.07 Å². The third-order valence-electron chi connectivity index (χ3n) is 3.89. The fraction of sp³-hybridized carbons (Fsp3) is 0.533. The highest BCUT2D eigenvalue weighted by Gasteiger charge is 2.34. The van der Waals surface area contributed by atoms with Gasteiger partial charge in [0, 0.05) is 39.1 Å². The summed E-state index contributed by atoms with van der Waals surface area (Å²) in [5.41, 5.74) is -0.718. The second kappa shape index (κ2) is 7.09. The van der Waals surface area contributed by atoms with E-state index in [1.165, 1.54) is 17.3 Å². The van der Waals surface area contributed by atoms with Crippen LogP contribution in [0.25, 0.3) is 0 Å². The predicted molar refractivity (Wildman–Crippen MR) is 81.6 cm³/mol. The van der Waals surface area contributed by atoms with E-state index in [1.807, 2.05) is 11.0 Å². The molecule has 0 atom stereocenters. The number of hydrogen-bond donors (Lipinski definition) is 0. The Morgan fingerprint density at radius 3 is 2.33 bits per heavy atom. The van der Waals surface area contributed by atoms with E-state index in [0.29, 0.717) is 32.1 Å². The van der Waals surface area contributed by atoms with E-state index >= 15 is 0 Å². The molecule has 1 heterocycles. The molecule has 1 aliphatic rings. The van der Waals surface area contributed by atoms with Crippen molar-refractivity contribution in [1.29, 1.82) is 5.26 Å². The number of sulfonamides is 1. The molecule has 0 radical (unpaired) electrons. The van der Waals surface area contributed by atoms with Gasteiger partial charge >= 0.3 is 6.18 Å². The van der Waals surface area contributed by atoms with Crippen molar-refractivity contribution < 1.29 is 21.6 Å². The molecule has 1 aromatic carbocycles. The lowest BCUT2D eigenvalue weighted by Gasteiger charge is -2.33. The number of benzene rings is 1. The maximum Gasteiger partial charge on any atom is 0.416 e. The molecule has 1 aliphatic heterocycles. The van der Waals surface area contributed by atoms with Crippen molar-refractivity contribution >= 4 is 10.0 Å². The quantitative estimate of drug-likeness (QED) is 0.825. The maximum absolute atomic E-state index is 12.9. The summed E-state index contributed by atoms with van der Waals surface area (Å²) in [6.07, 6.45) is -4.23. The Labute approximate surface area is 139 Å². The molecule has 5 nitrogen and oxygen atoms in total. The molecule has 1 aromatic rings. The van der Waals surface area contributed by atoms with Gasteiger partial charge in [-0.05, 0) is 30.7 Å². The van der Waals surface area contributed by atoms with E-state index in [9.17, 15) is 21.6 Å². The van der Waals surface area contributed by atoms with Crippen molar-refractivity contribution in [3.05, 3.63) is 29.3 Å². The normalized spacial score (nSPS) is 17.6. The number of nitriles is 1. The molecule has 2 rings (SSSR count). The average molecular weight is 361 g/mol. The maximum atomic E-state index is 12.9. The Bertz CT molecular complexity index is 733. The Kier molecular flexibility index (Phi) is 5.52. The Hall–Kier alpha value is -1.63. The lowest BCUT2D eigenvalue weighted by atomic mass is 10.1. The van der Waals surface area contributed by atoms with Crippen LogP contribution in [0.5, 0.6) is 0 Å². The molecule has 0 aliphatic carbocycles. The number of piperazine rings is 1. The summed E-state index contributed by atoms with van der Waals surface area (Å²) in [5, 5.41) is 8.57. The molecule has 0 saturated carbocycles. The lowest BCUT2D eigenvalue weighted by Crippen LogP contribution is -2.48. The number of hydrogen-bond acceptors (Lipinski definition) is 4. The molecule has 0 bridgehead atoms. The predicted octanol–water partition coefficient (Wildman–Crippen LogP) is 2.23. The second-order valence-corrected chi connectivity index (χ2v) is 7.62. The highest BCUT2D eigenvalue weighted by Crippen LogP contribution is 2.32. The van der Waals surface area contributed by atoms with E-state index < -0.39 is 21.8 Å². The largest absolute Gasteiger partial charge is 0.416 e. The third kappa shape index (κ3) is 4.26. The van der Waals surface area contributed by atoms with Crippen molar-refractivity contribution in [1.82, 2.24) is 9.21 Å². The first-order valence-electron chi connectivity index (χ1n) is 7.43. The number of nitrogens with zero attached hydrogens (tertiary/aromatic N) is 3. The molecule has 1 fully saturated rings.